The van der Waals surface area contributed by atoms with Crippen molar-refractivity contribution in [2.24, 2.45) is 0 Å². The molecule has 0 N–H and O–H groups in total. The number of carbonyl (C=O) groups is 1. The fourth-order valence-corrected chi connectivity index (χ4v) is 1.45. The third kappa shape index (κ3) is 5.30. The minimum Gasteiger partial charge on any atom is -0.463 e. The molecule has 0 fully saturated rings. The molecule has 0 aliphatic rings. The molecule has 1 rings (SSSR count). The van der Waals surface area contributed by atoms with Crippen molar-refractivity contribution in [2.75, 3.05) is 26.6 Å². The molecule has 102 valence electrons. The van der Waals surface area contributed by atoms with E-state index in [9.17, 15) is 13.2 Å². The van der Waals surface area contributed by atoms with Gasteiger partial charge in [0.1, 0.15) is 12.4 Å². The van der Waals surface area contributed by atoms with Crippen LogP contribution in [0.4, 0.5) is 0 Å². The Morgan fingerprint density at radius 2 is 2.06 bits per heavy atom. The van der Waals surface area contributed by atoms with Crippen molar-refractivity contribution in [3.05, 3.63) is 23.7 Å². The highest BCUT2D eigenvalue weighted by Gasteiger charge is 2.10. The first-order valence-corrected chi connectivity index (χ1v) is 6.83. The van der Waals surface area contributed by atoms with Gasteiger partial charge < -0.3 is 13.9 Å². The summed E-state index contributed by atoms with van der Waals surface area (Å²) in [6, 6.07) is 3.04. The summed E-state index contributed by atoms with van der Waals surface area (Å²) in [7, 11) is -2.19. The van der Waals surface area contributed by atoms with Crippen LogP contribution in [0.15, 0.2) is 16.5 Å². The van der Waals surface area contributed by atoms with Crippen molar-refractivity contribution >= 4 is 16.1 Å². The van der Waals surface area contributed by atoms with Crippen molar-refractivity contribution in [3.63, 3.8) is 0 Å². The Bertz CT molecular complexity index is 488. The summed E-state index contributed by atoms with van der Waals surface area (Å²) in [4.78, 5) is 11.1. The lowest BCUT2D eigenvalue weighted by Gasteiger charge is -2.02. The summed E-state index contributed by atoms with van der Waals surface area (Å²) in [5.41, 5.74) is 0. The van der Waals surface area contributed by atoms with Gasteiger partial charge in [-0.1, -0.05) is 0 Å². The SMILES string of the molecule is COC(=O)c1ccc(COCCOS(C)(=O)=O)o1. The van der Waals surface area contributed by atoms with Gasteiger partial charge in [0.25, 0.3) is 10.1 Å². The molecule has 0 atom stereocenters. The van der Waals surface area contributed by atoms with E-state index in [1.165, 1.54) is 13.2 Å². The van der Waals surface area contributed by atoms with Gasteiger partial charge >= 0.3 is 5.97 Å². The predicted octanol–water partition coefficient (Wildman–Crippen LogP) is 0.559. The molecule has 0 aliphatic carbocycles. The third-order valence-electron chi connectivity index (χ3n) is 1.82. The topological polar surface area (TPSA) is 92.0 Å². The van der Waals surface area contributed by atoms with E-state index in [4.69, 9.17) is 9.15 Å². The Morgan fingerprint density at radius 3 is 2.67 bits per heavy atom. The highest BCUT2D eigenvalue weighted by Crippen LogP contribution is 2.10. The Morgan fingerprint density at radius 1 is 1.33 bits per heavy atom. The number of esters is 1. The van der Waals surface area contributed by atoms with E-state index in [2.05, 4.69) is 8.92 Å². The van der Waals surface area contributed by atoms with Gasteiger partial charge in [0.05, 0.1) is 26.6 Å². The van der Waals surface area contributed by atoms with Crippen LogP contribution in [0.25, 0.3) is 0 Å². The molecule has 0 bridgehead atoms. The van der Waals surface area contributed by atoms with Crippen LogP contribution in [0.1, 0.15) is 16.3 Å². The predicted molar refractivity (Wildman–Crippen MR) is 60.5 cm³/mol. The van der Waals surface area contributed by atoms with E-state index in [0.29, 0.717) is 5.76 Å². The first kappa shape index (κ1) is 14.7. The molecule has 1 aromatic heterocycles. The Hall–Kier alpha value is -1.38. The number of hydrogen-bond acceptors (Lipinski definition) is 7. The number of carbonyl (C=O) groups excluding carboxylic acids is 1. The molecule has 7 nitrogen and oxygen atoms in total. The van der Waals surface area contributed by atoms with Crippen molar-refractivity contribution in [1.29, 1.82) is 0 Å². The zero-order valence-electron chi connectivity index (χ0n) is 10.0. The lowest BCUT2D eigenvalue weighted by Crippen LogP contribution is -2.09. The largest absolute Gasteiger partial charge is 0.463 e. The van der Waals surface area contributed by atoms with E-state index < -0.39 is 16.1 Å². The summed E-state index contributed by atoms with van der Waals surface area (Å²) in [6.45, 7) is 0.148. The molecule has 0 aromatic carbocycles. The summed E-state index contributed by atoms with van der Waals surface area (Å²) >= 11 is 0. The van der Waals surface area contributed by atoms with Crippen LogP contribution >= 0.6 is 0 Å². The monoisotopic (exact) mass is 278 g/mol. The lowest BCUT2D eigenvalue weighted by molar-refractivity contribution is 0.0543. The van der Waals surface area contributed by atoms with Crippen LogP contribution in [0, 0.1) is 0 Å². The number of methoxy groups -OCH3 is 1. The van der Waals surface area contributed by atoms with Crippen molar-refractivity contribution in [3.8, 4) is 0 Å². The van der Waals surface area contributed by atoms with E-state index in [1.54, 1.807) is 6.07 Å². The minimum atomic E-state index is -3.44. The van der Waals surface area contributed by atoms with E-state index in [-0.39, 0.29) is 25.6 Å². The lowest BCUT2D eigenvalue weighted by atomic mass is 10.4. The van der Waals surface area contributed by atoms with E-state index >= 15 is 0 Å². The van der Waals surface area contributed by atoms with Gasteiger partial charge in [0, 0.05) is 0 Å². The van der Waals surface area contributed by atoms with Gasteiger partial charge in [-0.15, -0.1) is 0 Å². The average molecular weight is 278 g/mol. The Kier molecular flexibility index (Phi) is 5.32. The van der Waals surface area contributed by atoms with Crippen LogP contribution in [0.2, 0.25) is 0 Å². The number of rotatable bonds is 7. The minimum absolute atomic E-state index is 0.0661. The zero-order chi connectivity index (χ0) is 13.6. The summed E-state index contributed by atoms with van der Waals surface area (Å²) in [5, 5.41) is 0. The molecule has 0 unspecified atom stereocenters. The first-order valence-electron chi connectivity index (χ1n) is 5.01. The average Bonchev–Trinajstić information content (AvgIpc) is 2.75. The molecule has 0 aliphatic heterocycles. The van der Waals surface area contributed by atoms with E-state index in [0.717, 1.165) is 6.26 Å². The van der Waals surface area contributed by atoms with Crippen LogP contribution in [0.5, 0.6) is 0 Å². The van der Waals surface area contributed by atoms with Gasteiger partial charge in [0.15, 0.2) is 0 Å². The second-order valence-electron chi connectivity index (χ2n) is 3.34. The fraction of sp³-hybridized carbons (Fsp3) is 0.500. The van der Waals surface area contributed by atoms with Gasteiger partial charge in [-0.05, 0) is 12.1 Å². The van der Waals surface area contributed by atoms with Crippen LogP contribution in [0.3, 0.4) is 0 Å². The third-order valence-corrected chi connectivity index (χ3v) is 2.41. The second kappa shape index (κ2) is 6.53. The van der Waals surface area contributed by atoms with Crippen LogP contribution in [-0.4, -0.2) is 41.0 Å². The summed E-state index contributed by atoms with van der Waals surface area (Å²) in [5.74, 6) is -0.0418. The highest BCUT2D eigenvalue weighted by molar-refractivity contribution is 7.85. The Balaban J connectivity index is 2.28. The fourth-order valence-electron chi connectivity index (χ4n) is 1.08. The van der Waals surface area contributed by atoms with Gasteiger partial charge in [-0.2, -0.15) is 8.42 Å². The molecule has 1 aromatic rings. The molecular weight excluding hydrogens is 264 g/mol. The van der Waals surface area contributed by atoms with Crippen LogP contribution in [-0.2, 0) is 30.4 Å². The highest BCUT2D eigenvalue weighted by atomic mass is 32.2. The van der Waals surface area contributed by atoms with Crippen LogP contribution < -0.4 is 0 Å². The normalized spacial score (nSPS) is 11.4. The summed E-state index contributed by atoms with van der Waals surface area (Å²) in [6.07, 6.45) is 0.960. The van der Waals surface area contributed by atoms with Gasteiger partial charge in [-0.3, -0.25) is 4.18 Å². The standard InChI is InChI=1S/C10H14O7S/c1-14-10(11)9-4-3-8(17-9)7-15-5-6-16-18(2,12)13/h3-4H,5-7H2,1-2H3. The number of hydrogen-bond donors (Lipinski definition) is 0. The van der Waals surface area contributed by atoms with Gasteiger partial charge in [0.2, 0.25) is 5.76 Å². The van der Waals surface area contributed by atoms with Crippen molar-refractivity contribution < 1.29 is 31.3 Å². The molecule has 18 heavy (non-hydrogen) atoms. The molecule has 0 saturated carbocycles. The Labute approximate surface area is 105 Å². The maximum atomic E-state index is 11.1. The van der Waals surface area contributed by atoms with Crippen molar-refractivity contribution in [2.45, 2.75) is 6.61 Å². The van der Waals surface area contributed by atoms with Gasteiger partial charge in [-0.25, -0.2) is 4.79 Å². The quantitative estimate of drug-likeness (QED) is 0.408. The molecule has 0 radical (unpaired) electrons. The molecule has 8 heteroatoms. The van der Waals surface area contributed by atoms with Crippen molar-refractivity contribution in [1.82, 2.24) is 0 Å². The maximum absolute atomic E-state index is 11.1. The smallest absolute Gasteiger partial charge is 0.373 e. The number of furan rings is 1. The van der Waals surface area contributed by atoms with E-state index in [1.807, 2.05) is 0 Å². The molecule has 0 amide bonds. The summed E-state index contributed by atoms with van der Waals surface area (Å²) < 4.78 is 40.4. The molecule has 0 spiro atoms. The molecule has 1 heterocycles. The number of ether oxygens (including phenoxy) is 2. The maximum Gasteiger partial charge on any atom is 0.373 e. The zero-order valence-corrected chi connectivity index (χ0v) is 10.9. The molecule has 0 saturated heterocycles. The molecular formula is C10H14O7S. The first-order chi connectivity index (χ1) is 8.42. The second-order valence-corrected chi connectivity index (χ2v) is 4.98.